The van der Waals surface area contributed by atoms with Gasteiger partial charge in [0.05, 0.1) is 0 Å². The minimum absolute atomic E-state index is 0.390. The van der Waals surface area contributed by atoms with Crippen molar-refractivity contribution in [2.45, 2.75) is 31.7 Å². The van der Waals surface area contributed by atoms with Crippen LogP contribution in [0, 0.1) is 0 Å². The van der Waals surface area contributed by atoms with Crippen molar-refractivity contribution in [3.05, 3.63) is 34.3 Å². The number of benzene rings is 1. The summed E-state index contributed by atoms with van der Waals surface area (Å²) in [4.78, 5) is 0. The number of hydrogen-bond acceptors (Lipinski definition) is 1. The van der Waals surface area contributed by atoms with Gasteiger partial charge in [-0.1, -0.05) is 35.0 Å². The van der Waals surface area contributed by atoms with Gasteiger partial charge in [-0.2, -0.15) is 0 Å². The van der Waals surface area contributed by atoms with Gasteiger partial charge >= 0.3 is 0 Å². The van der Waals surface area contributed by atoms with E-state index >= 15 is 0 Å². The second kappa shape index (κ2) is 4.03. The number of hydrogen-bond donors (Lipinski definition) is 1. The van der Waals surface area contributed by atoms with Crippen LogP contribution in [-0.4, -0.2) is 12.1 Å². The molecule has 1 aliphatic rings. The highest BCUT2D eigenvalue weighted by Gasteiger charge is 2.34. The summed E-state index contributed by atoms with van der Waals surface area (Å²) in [5, 5.41) is 3.56. The maximum atomic E-state index is 3.56. The lowest BCUT2D eigenvalue weighted by atomic mass is 9.80. The van der Waals surface area contributed by atoms with Crippen molar-refractivity contribution in [1.29, 1.82) is 0 Å². The molecule has 1 heterocycles. The smallest absolute Gasteiger partial charge is 0.0231 e. The van der Waals surface area contributed by atoms with E-state index in [9.17, 15) is 0 Å². The summed E-state index contributed by atoms with van der Waals surface area (Å²) in [7, 11) is 0. The number of halogens is 1. The van der Waals surface area contributed by atoms with Gasteiger partial charge in [-0.15, -0.1) is 0 Å². The third-order valence-corrected chi connectivity index (χ3v) is 3.71. The molecule has 1 atom stereocenters. The molecule has 1 saturated heterocycles. The molecule has 0 bridgehead atoms. The van der Waals surface area contributed by atoms with Crippen LogP contribution in [0.5, 0.6) is 0 Å². The van der Waals surface area contributed by atoms with Crippen LogP contribution in [-0.2, 0) is 6.42 Å². The van der Waals surface area contributed by atoms with Crippen molar-refractivity contribution in [2.24, 2.45) is 0 Å². The predicted octanol–water partition coefficient (Wildman–Crippen LogP) is 3.13. The average Bonchev–Trinajstić information content (AvgIpc) is 2.11. The largest absolute Gasteiger partial charge is 0.311 e. The maximum absolute atomic E-state index is 3.56. The fourth-order valence-corrected chi connectivity index (χ4v) is 2.54. The zero-order valence-corrected chi connectivity index (χ0v) is 10.1. The standard InChI is InChI=1S/C12H16BrN/c1-2-12(6-7-14-12)9-10-4-3-5-11(13)8-10/h3-5,8,14H,2,6-7,9H2,1H3. The van der Waals surface area contributed by atoms with Crippen molar-refractivity contribution in [1.82, 2.24) is 5.32 Å². The lowest BCUT2D eigenvalue weighted by Gasteiger charge is -2.43. The Hall–Kier alpha value is -0.340. The van der Waals surface area contributed by atoms with Gasteiger partial charge in [0.1, 0.15) is 0 Å². The molecule has 76 valence electrons. The van der Waals surface area contributed by atoms with E-state index in [1.54, 1.807) is 0 Å². The van der Waals surface area contributed by atoms with E-state index in [1.165, 1.54) is 29.4 Å². The third kappa shape index (κ3) is 2.01. The third-order valence-electron chi connectivity index (χ3n) is 3.21. The molecule has 1 aromatic carbocycles. The molecule has 1 fully saturated rings. The van der Waals surface area contributed by atoms with Crippen LogP contribution in [0.1, 0.15) is 25.3 Å². The molecule has 1 aromatic rings. The Bertz CT molecular complexity index is 312. The molecular formula is C12H16BrN. The Kier molecular flexibility index (Phi) is 2.93. The summed E-state index contributed by atoms with van der Waals surface area (Å²) in [6, 6.07) is 8.62. The van der Waals surface area contributed by atoms with Crippen molar-refractivity contribution < 1.29 is 0 Å². The van der Waals surface area contributed by atoms with Crippen LogP contribution in [0.4, 0.5) is 0 Å². The van der Waals surface area contributed by atoms with Gasteiger partial charge in [-0.25, -0.2) is 0 Å². The SMILES string of the molecule is CCC1(Cc2cccc(Br)c2)CCN1. The van der Waals surface area contributed by atoms with Gasteiger partial charge in [0, 0.05) is 10.0 Å². The molecule has 0 spiro atoms. The molecular weight excluding hydrogens is 238 g/mol. The summed E-state index contributed by atoms with van der Waals surface area (Å²) in [5.41, 5.74) is 1.81. The molecule has 1 nitrogen and oxygen atoms in total. The average molecular weight is 254 g/mol. The summed E-state index contributed by atoms with van der Waals surface area (Å²) in [6.07, 6.45) is 3.69. The van der Waals surface area contributed by atoms with Gasteiger partial charge in [0.25, 0.3) is 0 Å². The normalized spacial score (nSPS) is 25.9. The van der Waals surface area contributed by atoms with Crippen LogP contribution in [0.2, 0.25) is 0 Å². The Labute approximate surface area is 94.0 Å². The second-order valence-electron chi connectivity index (χ2n) is 4.12. The summed E-state index contributed by atoms with van der Waals surface area (Å²) in [5.74, 6) is 0. The first-order valence-electron chi connectivity index (χ1n) is 5.24. The number of nitrogens with one attached hydrogen (secondary N) is 1. The van der Waals surface area contributed by atoms with Crippen molar-refractivity contribution in [3.63, 3.8) is 0 Å². The van der Waals surface area contributed by atoms with E-state index in [4.69, 9.17) is 0 Å². The molecule has 2 rings (SSSR count). The van der Waals surface area contributed by atoms with Crippen LogP contribution < -0.4 is 5.32 Å². The first-order chi connectivity index (χ1) is 6.74. The Morgan fingerprint density at radius 1 is 1.50 bits per heavy atom. The van der Waals surface area contributed by atoms with Crippen molar-refractivity contribution >= 4 is 15.9 Å². The molecule has 1 N–H and O–H groups in total. The molecule has 0 amide bonds. The molecule has 14 heavy (non-hydrogen) atoms. The molecule has 0 aromatic heterocycles. The zero-order valence-electron chi connectivity index (χ0n) is 8.52. The Balaban J connectivity index is 2.09. The fourth-order valence-electron chi connectivity index (χ4n) is 2.09. The number of rotatable bonds is 3. The van der Waals surface area contributed by atoms with Crippen LogP contribution >= 0.6 is 15.9 Å². The van der Waals surface area contributed by atoms with Gasteiger partial charge in [-0.05, 0) is 43.5 Å². The monoisotopic (exact) mass is 253 g/mol. The lowest BCUT2D eigenvalue weighted by Crippen LogP contribution is -2.57. The molecule has 0 saturated carbocycles. The van der Waals surface area contributed by atoms with E-state index in [0.29, 0.717) is 5.54 Å². The fraction of sp³-hybridized carbons (Fsp3) is 0.500. The molecule has 1 unspecified atom stereocenters. The van der Waals surface area contributed by atoms with Crippen LogP contribution in [0.15, 0.2) is 28.7 Å². The summed E-state index contributed by atoms with van der Waals surface area (Å²) < 4.78 is 1.18. The lowest BCUT2D eigenvalue weighted by molar-refractivity contribution is 0.198. The van der Waals surface area contributed by atoms with Gasteiger partial charge in [0.15, 0.2) is 0 Å². The predicted molar refractivity (Wildman–Crippen MR) is 63.5 cm³/mol. The van der Waals surface area contributed by atoms with Gasteiger partial charge in [0.2, 0.25) is 0 Å². The van der Waals surface area contributed by atoms with Crippen molar-refractivity contribution in [2.75, 3.05) is 6.54 Å². The van der Waals surface area contributed by atoms with Gasteiger partial charge in [-0.3, -0.25) is 0 Å². The summed E-state index contributed by atoms with van der Waals surface area (Å²) in [6.45, 7) is 3.45. The molecule has 2 heteroatoms. The van der Waals surface area contributed by atoms with E-state index in [-0.39, 0.29) is 0 Å². The Morgan fingerprint density at radius 2 is 2.29 bits per heavy atom. The minimum Gasteiger partial charge on any atom is -0.311 e. The van der Waals surface area contributed by atoms with E-state index in [0.717, 1.165) is 6.42 Å². The summed E-state index contributed by atoms with van der Waals surface area (Å²) >= 11 is 3.51. The minimum atomic E-state index is 0.390. The topological polar surface area (TPSA) is 12.0 Å². The van der Waals surface area contributed by atoms with Gasteiger partial charge < -0.3 is 5.32 Å². The molecule has 0 radical (unpaired) electrons. The van der Waals surface area contributed by atoms with Crippen molar-refractivity contribution in [3.8, 4) is 0 Å². The zero-order chi connectivity index (χ0) is 10.0. The highest BCUT2D eigenvalue weighted by atomic mass is 79.9. The highest BCUT2D eigenvalue weighted by Crippen LogP contribution is 2.28. The first kappa shape index (κ1) is 10.2. The quantitative estimate of drug-likeness (QED) is 0.873. The Morgan fingerprint density at radius 3 is 2.79 bits per heavy atom. The van der Waals surface area contributed by atoms with E-state index < -0.39 is 0 Å². The molecule has 0 aliphatic carbocycles. The highest BCUT2D eigenvalue weighted by molar-refractivity contribution is 9.10. The van der Waals surface area contributed by atoms with Crippen LogP contribution in [0.25, 0.3) is 0 Å². The van der Waals surface area contributed by atoms with E-state index in [1.807, 2.05) is 0 Å². The second-order valence-corrected chi connectivity index (χ2v) is 5.03. The van der Waals surface area contributed by atoms with E-state index in [2.05, 4.69) is 52.4 Å². The first-order valence-corrected chi connectivity index (χ1v) is 6.03. The maximum Gasteiger partial charge on any atom is 0.0231 e. The molecule has 1 aliphatic heterocycles. The van der Waals surface area contributed by atoms with Crippen LogP contribution in [0.3, 0.4) is 0 Å².